The van der Waals surface area contributed by atoms with Crippen LogP contribution in [0.3, 0.4) is 0 Å². The van der Waals surface area contributed by atoms with E-state index in [1.807, 2.05) is 12.1 Å². The van der Waals surface area contributed by atoms with E-state index in [1.165, 1.54) is 24.3 Å². The van der Waals surface area contributed by atoms with Crippen molar-refractivity contribution in [1.82, 2.24) is 8.61 Å². The number of benzene rings is 2. The van der Waals surface area contributed by atoms with Gasteiger partial charge in [0.2, 0.25) is 20.0 Å². The van der Waals surface area contributed by atoms with Crippen molar-refractivity contribution in [2.75, 3.05) is 19.7 Å². The third kappa shape index (κ3) is 10.1. The lowest BCUT2D eigenvalue weighted by molar-refractivity contribution is 0.254. The molecular weight excluding hydrogens is 644 g/mol. The molecule has 1 aliphatic carbocycles. The van der Waals surface area contributed by atoms with Gasteiger partial charge in [-0.25, -0.2) is 16.8 Å². The van der Waals surface area contributed by atoms with E-state index in [2.05, 4.69) is 47.7 Å². The van der Waals surface area contributed by atoms with Crippen molar-refractivity contribution in [1.29, 1.82) is 0 Å². The third-order valence-corrected chi connectivity index (χ3v) is 18.2. The lowest BCUT2D eigenvalue weighted by Gasteiger charge is -2.36. The minimum absolute atomic E-state index is 0.0808. The van der Waals surface area contributed by atoms with Gasteiger partial charge in [-0.05, 0) is 91.7 Å². The molecule has 0 aliphatic heterocycles. The zero-order valence-electron chi connectivity index (χ0n) is 28.4. The van der Waals surface area contributed by atoms with Crippen molar-refractivity contribution in [2.45, 2.75) is 126 Å². The van der Waals surface area contributed by atoms with Gasteiger partial charge >= 0.3 is 0 Å². The molecule has 0 radical (unpaired) electrons. The van der Waals surface area contributed by atoms with Crippen molar-refractivity contribution < 1.29 is 21.3 Å². The quantitative estimate of drug-likeness (QED) is 0.122. The lowest BCUT2D eigenvalue weighted by atomic mass is 10.0. The van der Waals surface area contributed by atoms with Gasteiger partial charge in [-0.3, -0.25) is 0 Å². The number of rotatable bonds is 17. The van der Waals surface area contributed by atoms with Crippen LogP contribution in [-0.2, 0) is 31.0 Å². The molecule has 0 spiro atoms. The Balaban J connectivity index is 1.85. The largest absolute Gasteiger partial charge is 0.417 e. The van der Waals surface area contributed by atoms with E-state index in [9.17, 15) is 16.8 Å². The Labute approximate surface area is 279 Å². The van der Waals surface area contributed by atoms with Crippen LogP contribution >= 0.6 is 11.6 Å². The molecule has 0 saturated heterocycles. The number of hydrogen-bond donors (Lipinski definition) is 0. The summed E-state index contributed by atoms with van der Waals surface area (Å²) in [4.78, 5) is 0.220. The van der Waals surface area contributed by atoms with Gasteiger partial charge < -0.3 is 4.43 Å². The monoisotopic (exact) mass is 698 g/mol. The maximum Gasteiger partial charge on any atom is 0.243 e. The molecular formula is C34H55ClN2O5S2Si. The molecule has 1 aliphatic rings. The second-order valence-corrected chi connectivity index (χ2v) is 23.0. The molecule has 0 bridgehead atoms. The third-order valence-electron chi connectivity index (χ3n) is 9.61. The van der Waals surface area contributed by atoms with Gasteiger partial charge in [0, 0.05) is 37.3 Å². The fraction of sp³-hybridized carbons (Fsp3) is 0.647. The number of sulfonamides is 2. The predicted octanol–water partition coefficient (Wildman–Crippen LogP) is 8.70. The first-order valence-corrected chi connectivity index (χ1v) is 22.7. The van der Waals surface area contributed by atoms with Crippen LogP contribution in [0.2, 0.25) is 23.2 Å². The van der Waals surface area contributed by atoms with Crippen LogP contribution in [0.15, 0.2) is 58.3 Å². The maximum absolute atomic E-state index is 14.0. The molecule has 2 aromatic carbocycles. The fourth-order valence-corrected chi connectivity index (χ4v) is 10.1. The average Bonchev–Trinajstić information content (AvgIpc) is 3.51. The Morgan fingerprint density at radius 2 is 1.47 bits per heavy atom. The van der Waals surface area contributed by atoms with Gasteiger partial charge in [-0.1, -0.05) is 84.0 Å². The zero-order valence-corrected chi connectivity index (χ0v) is 31.8. The molecule has 0 N–H and O–H groups in total. The minimum Gasteiger partial charge on any atom is -0.417 e. The normalized spacial score (nSPS) is 16.1. The first-order valence-electron chi connectivity index (χ1n) is 16.5. The van der Waals surface area contributed by atoms with Crippen LogP contribution in [0.4, 0.5) is 0 Å². The Morgan fingerprint density at radius 3 is 1.98 bits per heavy atom. The maximum atomic E-state index is 14.0. The van der Waals surface area contributed by atoms with E-state index in [0.29, 0.717) is 31.1 Å². The topological polar surface area (TPSA) is 84.0 Å². The summed E-state index contributed by atoms with van der Waals surface area (Å²) in [7, 11) is -9.67. The van der Waals surface area contributed by atoms with Gasteiger partial charge in [0.15, 0.2) is 8.32 Å². The summed E-state index contributed by atoms with van der Waals surface area (Å²) in [5.74, 6) is 0.249. The molecule has 254 valence electrons. The smallest absolute Gasteiger partial charge is 0.243 e. The molecule has 1 atom stereocenters. The highest BCUT2D eigenvalue weighted by Crippen LogP contribution is 2.37. The predicted molar refractivity (Wildman–Crippen MR) is 188 cm³/mol. The van der Waals surface area contributed by atoms with E-state index < -0.39 is 28.4 Å². The molecule has 1 fully saturated rings. The van der Waals surface area contributed by atoms with Crippen molar-refractivity contribution in [3.05, 3.63) is 59.1 Å². The van der Waals surface area contributed by atoms with Gasteiger partial charge in [0.05, 0.1) is 9.79 Å². The molecule has 1 unspecified atom stereocenters. The summed E-state index contributed by atoms with van der Waals surface area (Å²) in [6, 6.07) is 13.0. The summed E-state index contributed by atoms with van der Waals surface area (Å²) in [5.41, 5.74) is 0.861. The SMILES string of the molecule is CCCC(CC)CN(CCCO[Si](C)(C)C(C)(C)C)S(=O)(=O)c1ccc(S(=O)(=O)N(Cc2ccc(Cl)cc2)C2CCCC2)cc1. The lowest BCUT2D eigenvalue weighted by Crippen LogP contribution is -2.42. The Hall–Kier alpha value is -1.27. The first kappa shape index (κ1) is 38.2. The van der Waals surface area contributed by atoms with Crippen molar-refractivity contribution in [3.63, 3.8) is 0 Å². The number of nitrogens with zero attached hydrogens (tertiary/aromatic N) is 2. The molecule has 1 saturated carbocycles. The van der Waals surface area contributed by atoms with Gasteiger partial charge in [-0.2, -0.15) is 8.61 Å². The second-order valence-electron chi connectivity index (χ2n) is 14.0. The highest BCUT2D eigenvalue weighted by Gasteiger charge is 2.37. The van der Waals surface area contributed by atoms with E-state index in [4.69, 9.17) is 16.0 Å². The fourth-order valence-electron chi connectivity index (χ4n) is 5.66. The summed E-state index contributed by atoms with van der Waals surface area (Å²) >= 11 is 6.07. The second kappa shape index (κ2) is 16.2. The van der Waals surface area contributed by atoms with Crippen LogP contribution < -0.4 is 0 Å². The Kier molecular flexibility index (Phi) is 13.8. The summed E-state index contributed by atoms with van der Waals surface area (Å²) in [6.45, 7) is 16.8. The summed E-state index contributed by atoms with van der Waals surface area (Å²) in [6.07, 6.45) is 7.02. The molecule has 11 heteroatoms. The summed E-state index contributed by atoms with van der Waals surface area (Å²) in [5, 5.41) is 0.681. The van der Waals surface area contributed by atoms with Crippen LogP contribution in [-0.4, -0.2) is 59.5 Å². The van der Waals surface area contributed by atoms with Crippen LogP contribution in [0.25, 0.3) is 0 Å². The summed E-state index contributed by atoms with van der Waals surface area (Å²) < 4.78 is 65.6. The van der Waals surface area contributed by atoms with Gasteiger partial charge in [-0.15, -0.1) is 0 Å². The molecule has 0 amide bonds. The van der Waals surface area contributed by atoms with Crippen LogP contribution in [0, 0.1) is 5.92 Å². The van der Waals surface area contributed by atoms with E-state index in [1.54, 1.807) is 20.7 Å². The molecule has 45 heavy (non-hydrogen) atoms. The zero-order chi connectivity index (χ0) is 33.5. The molecule has 3 rings (SSSR count). The van der Waals surface area contributed by atoms with E-state index in [0.717, 1.165) is 50.5 Å². The molecule has 0 heterocycles. The highest BCUT2D eigenvalue weighted by atomic mass is 35.5. The van der Waals surface area contributed by atoms with Gasteiger partial charge in [0.25, 0.3) is 0 Å². The van der Waals surface area contributed by atoms with Gasteiger partial charge in [0.1, 0.15) is 0 Å². The average molecular weight is 699 g/mol. The molecule has 7 nitrogen and oxygen atoms in total. The van der Waals surface area contributed by atoms with E-state index >= 15 is 0 Å². The Morgan fingerprint density at radius 1 is 0.911 bits per heavy atom. The van der Waals surface area contributed by atoms with Crippen molar-refractivity contribution in [3.8, 4) is 0 Å². The van der Waals surface area contributed by atoms with Crippen LogP contribution in [0.1, 0.15) is 91.5 Å². The molecule has 2 aromatic rings. The van der Waals surface area contributed by atoms with Crippen LogP contribution in [0.5, 0.6) is 0 Å². The van der Waals surface area contributed by atoms with Crippen molar-refractivity contribution >= 4 is 40.0 Å². The first-order chi connectivity index (χ1) is 21.0. The minimum atomic E-state index is -3.87. The Bertz CT molecular complexity index is 1420. The van der Waals surface area contributed by atoms with E-state index in [-0.39, 0.29) is 33.3 Å². The highest BCUT2D eigenvalue weighted by molar-refractivity contribution is 7.89. The standard InChI is InChI=1S/C34H55ClN2O5S2Si/c1-8-13-28(9-2)26-36(24-12-25-42-45(6,7)34(3,4)5)43(38,39)32-20-22-33(23-21-32)44(40,41)37(31-14-10-11-15-31)27-29-16-18-30(35)19-17-29/h16-23,28,31H,8-15,24-27H2,1-7H3. The van der Waals surface area contributed by atoms with Crippen molar-refractivity contribution in [2.24, 2.45) is 5.92 Å². The number of halogens is 1. The number of hydrogen-bond acceptors (Lipinski definition) is 5. The molecule has 0 aromatic heterocycles.